The highest BCUT2D eigenvalue weighted by atomic mass is 79.9. The lowest BCUT2D eigenvalue weighted by atomic mass is 10.3. The fourth-order valence-electron chi connectivity index (χ4n) is 1.57. The normalized spacial score (nSPS) is 21.1. The molecule has 2 rings (SSSR count). The third-order valence-corrected chi connectivity index (χ3v) is 3.05. The molecule has 1 aromatic heterocycles. The molecule has 1 amide bonds. The van der Waals surface area contributed by atoms with Crippen molar-refractivity contribution < 1.29 is 4.79 Å². The average Bonchev–Trinajstić information content (AvgIpc) is 2.50. The van der Waals surface area contributed by atoms with Crippen molar-refractivity contribution in [3.8, 4) is 0 Å². The molecular formula is C9H9BrClN3O. The first-order chi connectivity index (χ1) is 7.08. The van der Waals surface area contributed by atoms with E-state index in [1.807, 2.05) is 0 Å². The standard InChI is InChI=1S/C9H9BrClN3O/c10-9-7(1-5(11)3-13-9)14-4-6(12)2-8(14)15/h1,3,6H,2,4,12H2. The summed E-state index contributed by atoms with van der Waals surface area (Å²) < 4.78 is 0.606. The number of anilines is 1. The Labute approximate surface area is 101 Å². The first kappa shape index (κ1) is 10.9. The Morgan fingerprint density at radius 2 is 2.40 bits per heavy atom. The zero-order chi connectivity index (χ0) is 11.0. The topological polar surface area (TPSA) is 59.2 Å². The highest BCUT2D eigenvalue weighted by Crippen LogP contribution is 2.29. The highest BCUT2D eigenvalue weighted by molar-refractivity contribution is 9.10. The molecule has 1 unspecified atom stereocenters. The highest BCUT2D eigenvalue weighted by Gasteiger charge is 2.29. The molecule has 0 radical (unpaired) electrons. The molecule has 1 aromatic rings. The van der Waals surface area contributed by atoms with Crippen LogP contribution in [0.15, 0.2) is 16.9 Å². The van der Waals surface area contributed by atoms with Crippen LogP contribution in [0.25, 0.3) is 0 Å². The Kier molecular flexibility index (Phi) is 2.95. The van der Waals surface area contributed by atoms with Crippen molar-refractivity contribution in [2.45, 2.75) is 12.5 Å². The monoisotopic (exact) mass is 289 g/mol. The van der Waals surface area contributed by atoms with Crippen molar-refractivity contribution in [1.82, 2.24) is 4.98 Å². The van der Waals surface area contributed by atoms with Crippen LogP contribution in [0.1, 0.15) is 6.42 Å². The molecule has 2 N–H and O–H groups in total. The van der Waals surface area contributed by atoms with Crippen LogP contribution in [0.2, 0.25) is 5.02 Å². The molecule has 0 aromatic carbocycles. The van der Waals surface area contributed by atoms with Crippen molar-refractivity contribution in [3.63, 3.8) is 0 Å². The number of aromatic nitrogens is 1. The van der Waals surface area contributed by atoms with Crippen LogP contribution in [0.5, 0.6) is 0 Å². The number of nitrogens with zero attached hydrogens (tertiary/aromatic N) is 2. The number of hydrogen-bond acceptors (Lipinski definition) is 3. The Bertz CT molecular complexity index is 412. The van der Waals surface area contributed by atoms with E-state index in [0.717, 1.165) is 0 Å². The van der Waals surface area contributed by atoms with Gasteiger partial charge in [0, 0.05) is 25.2 Å². The van der Waals surface area contributed by atoms with Gasteiger partial charge in [-0.1, -0.05) is 11.6 Å². The fourth-order valence-corrected chi connectivity index (χ4v) is 2.15. The molecule has 80 valence electrons. The maximum absolute atomic E-state index is 11.6. The van der Waals surface area contributed by atoms with Gasteiger partial charge in [0.05, 0.1) is 10.7 Å². The summed E-state index contributed by atoms with van der Waals surface area (Å²) in [7, 11) is 0. The lowest BCUT2D eigenvalue weighted by Gasteiger charge is -2.17. The second-order valence-electron chi connectivity index (χ2n) is 3.43. The second-order valence-corrected chi connectivity index (χ2v) is 4.62. The van der Waals surface area contributed by atoms with Crippen molar-refractivity contribution in [1.29, 1.82) is 0 Å². The third-order valence-electron chi connectivity index (χ3n) is 2.23. The minimum Gasteiger partial charge on any atom is -0.326 e. The summed E-state index contributed by atoms with van der Waals surface area (Å²) in [5.74, 6) is 0.00673. The maximum atomic E-state index is 11.6. The number of nitrogens with two attached hydrogens (primary N) is 1. The number of amides is 1. The minimum absolute atomic E-state index is 0.00673. The van der Waals surface area contributed by atoms with Crippen LogP contribution >= 0.6 is 27.5 Å². The molecule has 0 bridgehead atoms. The molecule has 1 aliphatic heterocycles. The minimum atomic E-state index is -0.108. The van der Waals surface area contributed by atoms with Crippen molar-refractivity contribution in [2.24, 2.45) is 5.73 Å². The van der Waals surface area contributed by atoms with Crippen LogP contribution in [0.3, 0.4) is 0 Å². The van der Waals surface area contributed by atoms with E-state index in [1.165, 1.54) is 6.20 Å². The Hall–Kier alpha value is -0.650. The van der Waals surface area contributed by atoms with Gasteiger partial charge in [-0.15, -0.1) is 0 Å². The summed E-state index contributed by atoms with van der Waals surface area (Å²) in [6.45, 7) is 0.513. The van der Waals surface area contributed by atoms with Gasteiger partial charge < -0.3 is 10.6 Å². The summed E-state index contributed by atoms with van der Waals surface area (Å²) in [4.78, 5) is 17.2. The fraction of sp³-hybridized carbons (Fsp3) is 0.333. The molecule has 1 atom stereocenters. The van der Waals surface area contributed by atoms with Crippen molar-refractivity contribution >= 4 is 39.1 Å². The Balaban J connectivity index is 2.37. The van der Waals surface area contributed by atoms with Crippen LogP contribution in [-0.2, 0) is 4.79 Å². The van der Waals surface area contributed by atoms with E-state index >= 15 is 0 Å². The van der Waals surface area contributed by atoms with Gasteiger partial charge in [-0.3, -0.25) is 4.79 Å². The lowest BCUT2D eigenvalue weighted by Crippen LogP contribution is -2.28. The van der Waals surface area contributed by atoms with Crippen molar-refractivity contribution in [2.75, 3.05) is 11.4 Å². The number of pyridine rings is 1. The average molecular weight is 291 g/mol. The van der Waals surface area contributed by atoms with E-state index < -0.39 is 0 Å². The number of carbonyl (C=O) groups excluding carboxylic acids is 1. The smallest absolute Gasteiger partial charge is 0.228 e. The molecule has 15 heavy (non-hydrogen) atoms. The first-order valence-corrected chi connectivity index (χ1v) is 5.62. The van der Waals surface area contributed by atoms with E-state index in [9.17, 15) is 4.79 Å². The van der Waals surface area contributed by atoms with Gasteiger partial charge in [0.15, 0.2) is 0 Å². The zero-order valence-electron chi connectivity index (χ0n) is 7.78. The maximum Gasteiger partial charge on any atom is 0.228 e. The van der Waals surface area contributed by atoms with Crippen molar-refractivity contribution in [3.05, 3.63) is 21.9 Å². The molecular weight excluding hydrogens is 281 g/mol. The van der Waals surface area contributed by atoms with Gasteiger partial charge in [-0.05, 0) is 22.0 Å². The quantitative estimate of drug-likeness (QED) is 0.799. The second kappa shape index (κ2) is 4.08. The molecule has 4 nitrogen and oxygen atoms in total. The van der Waals surface area contributed by atoms with Crippen LogP contribution in [0.4, 0.5) is 5.69 Å². The van der Waals surface area contributed by atoms with Gasteiger partial charge in [0.25, 0.3) is 0 Å². The Morgan fingerprint density at radius 1 is 1.67 bits per heavy atom. The van der Waals surface area contributed by atoms with E-state index in [-0.39, 0.29) is 11.9 Å². The van der Waals surface area contributed by atoms with E-state index in [2.05, 4.69) is 20.9 Å². The van der Waals surface area contributed by atoms with Gasteiger partial charge in [-0.25, -0.2) is 4.98 Å². The predicted octanol–water partition coefficient (Wildman–Crippen LogP) is 1.56. The van der Waals surface area contributed by atoms with Crippen LogP contribution < -0.4 is 10.6 Å². The van der Waals surface area contributed by atoms with E-state index in [4.69, 9.17) is 17.3 Å². The molecule has 1 aliphatic rings. The van der Waals surface area contributed by atoms with Gasteiger partial charge in [0.1, 0.15) is 4.60 Å². The molecule has 2 heterocycles. The Morgan fingerprint density at radius 3 is 3.00 bits per heavy atom. The van der Waals surface area contributed by atoms with Gasteiger partial charge in [-0.2, -0.15) is 0 Å². The predicted molar refractivity (Wildman–Crippen MR) is 61.9 cm³/mol. The number of halogens is 2. The van der Waals surface area contributed by atoms with Gasteiger partial charge in [0.2, 0.25) is 5.91 Å². The third kappa shape index (κ3) is 2.14. The molecule has 1 saturated heterocycles. The molecule has 0 spiro atoms. The number of rotatable bonds is 1. The summed E-state index contributed by atoms with van der Waals surface area (Å²) >= 11 is 9.11. The number of carbonyl (C=O) groups is 1. The largest absolute Gasteiger partial charge is 0.326 e. The summed E-state index contributed by atoms with van der Waals surface area (Å²) in [6.07, 6.45) is 1.90. The van der Waals surface area contributed by atoms with E-state index in [0.29, 0.717) is 28.3 Å². The number of hydrogen-bond donors (Lipinski definition) is 1. The summed E-state index contributed by atoms with van der Waals surface area (Å²) in [5.41, 5.74) is 6.39. The molecule has 6 heteroatoms. The zero-order valence-corrected chi connectivity index (χ0v) is 10.1. The lowest BCUT2D eigenvalue weighted by molar-refractivity contribution is -0.117. The summed E-state index contributed by atoms with van der Waals surface area (Å²) in [6, 6.07) is 1.59. The molecule has 0 aliphatic carbocycles. The summed E-state index contributed by atoms with van der Waals surface area (Å²) in [5, 5.41) is 0.501. The van der Waals surface area contributed by atoms with Gasteiger partial charge >= 0.3 is 0 Å². The van der Waals surface area contributed by atoms with Crippen LogP contribution in [-0.4, -0.2) is 23.5 Å². The SMILES string of the molecule is NC1CC(=O)N(c2cc(Cl)cnc2Br)C1. The van der Waals surface area contributed by atoms with E-state index in [1.54, 1.807) is 11.0 Å². The molecule has 0 saturated carbocycles. The first-order valence-electron chi connectivity index (χ1n) is 4.45. The van der Waals surface area contributed by atoms with Crippen LogP contribution in [0, 0.1) is 0 Å². The molecule has 1 fully saturated rings.